The molecule has 0 saturated carbocycles. The number of nitrogens with zero attached hydrogens (tertiary/aromatic N) is 1. The van der Waals surface area contributed by atoms with Gasteiger partial charge in [-0.25, -0.2) is 4.79 Å². The van der Waals surface area contributed by atoms with E-state index in [4.69, 9.17) is 10.8 Å². The van der Waals surface area contributed by atoms with Gasteiger partial charge < -0.3 is 15.7 Å². The minimum atomic E-state index is -0.794. The zero-order chi connectivity index (χ0) is 8.72. The van der Waals surface area contributed by atoms with Crippen LogP contribution in [-0.2, 0) is 0 Å². The van der Waals surface area contributed by atoms with E-state index in [2.05, 4.69) is 0 Å². The van der Waals surface area contributed by atoms with E-state index in [1.807, 2.05) is 0 Å². The van der Waals surface area contributed by atoms with Crippen molar-refractivity contribution in [3.63, 3.8) is 0 Å². The van der Waals surface area contributed by atoms with Crippen molar-refractivity contribution in [2.75, 3.05) is 0 Å². The maximum atomic E-state index is 10.8. The van der Waals surface area contributed by atoms with Crippen LogP contribution in [0.4, 0.5) is 4.79 Å². The maximum absolute atomic E-state index is 10.8. The first-order valence-electron chi connectivity index (χ1n) is 4.47. The topological polar surface area (TPSA) is 66.6 Å². The molecule has 2 bridgehead atoms. The first-order chi connectivity index (χ1) is 5.70. The van der Waals surface area contributed by atoms with Gasteiger partial charge in [-0.1, -0.05) is 0 Å². The van der Waals surface area contributed by atoms with Crippen LogP contribution in [0.15, 0.2) is 0 Å². The van der Waals surface area contributed by atoms with Crippen LogP contribution in [0.1, 0.15) is 25.7 Å². The van der Waals surface area contributed by atoms with E-state index in [0.29, 0.717) is 0 Å². The van der Waals surface area contributed by atoms with Crippen molar-refractivity contribution in [3.8, 4) is 0 Å². The van der Waals surface area contributed by atoms with Crippen LogP contribution in [-0.4, -0.2) is 34.2 Å². The molecular weight excluding hydrogens is 156 g/mol. The summed E-state index contributed by atoms with van der Waals surface area (Å²) in [6.07, 6.45) is 3.10. The third kappa shape index (κ3) is 0.982. The molecule has 68 valence electrons. The summed E-state index contributed by atoms with van der Waals surface area (Å²) in [7, 11) is 0. The van der Waals surface area contributed by atoms with Gasteiger partial charge in [0.25, 0.3) is 0 Å². The van der Waals surface area contributed by atoms with Gasteiger partial charge in [-0.3, -0.25) is 0 Å². The van der Waals surface area contributed by atoms with Gasteiger partial charge in [0.2, 0.25) is 0 Å². The Morgan fingerprint density at radius 3 is 2.58 bits per heavy atom. The lowest BCUT2D eigenvalue weighted by Crippen LogP contribution is -2.53. The SMILES string of the molecule is NC1CCC2CCC1N2C(=O)O. The summed E-state index contributed by atoms with van der Waals surface area (Å²) < 4.78 is 0. The first-order valence-corrected chi connectivity index (χ1v) is 4.47. The predicted molar refractivity (Wildman–Crippen MR) is 43.9 cm³/mol. The van der Waals surface area contributed by atoms with Crippen LogP contribution in [0.5, 0.6) is 0 Å². The Morgan fingerprint density at radius 1 is 1.33 bits per heavy atom. The van der Waals surface area contributed by atoms with E-state index < -0.39 is 6.09 Å². The predicted octanol–water partition coefficient (Wildman–Crippen LogP) is 0.618. The summed E-state index contributed by atoms with van der Waals surface area (Å²) in [6.45, 7) is 0. The van der Waals surface area contributed by atoms with Gasteiger partial charge in [0.15, 0.2) is 0 Å². The summed E-state index contributed by atoms with van der Waals surface area (Å²) in [5.74, 6) is 0. The minimum absolute atomic E-state index is 0.0693. The second kappa shape index (κ2) is 2.62. The van der Waals surface area contributed by atoms with E-state index in [0.717, 1.165) is 25.7 Å². The van der Waals surface area contributed by atoms with Crippen molar-refractivity contribution >= 4 is 6.09 Å². The summed E-state index contributed by atoms with van der Waals surface area (Å²) in [5.41, 5.74) is 5.84. The molecule has 0 spiro atoms. The van der Waals surface area contributed by atoms with Gasteiger partial charge in [0.1, 0.15) is 0 Å². The fourth-order valence-electron chi connectivity index (χ4n) is 2.49. The van der Waals surface area contributed by atoms with Gasteiger partial charge in [0.05, 0.1) is 6.04 Å². The van der Waals surface area contributed by atoms with Crippen molar-refractivity contribution in [1.29, 1.82) is 0 Å². The van der Waals surface area contributed by atoms with Crippen LogP contribution >= 0.6 is 0 Å². The summed E-state index contributed by atoms with van der Waals surface area (Å²) in [6, 6.07) is 0.424. The van der Waals surface area contributed by atoms with Gasteiger partial charge in [-0.05, 0) is 25.7 Å². The zero-order valence-electron chi connectivity index (χ0n) is 6.94. The molecule has 2 fully saturated rings. The van der Waals surface area contributed by atoms with Crippen molar-refractivity contribution in [3.05, 3.63) is 0 Å². The standard InChI is InChI=1S/C8H14N2O2/c9-6-3-1-5-2-4-7(6)10(5)8(11)12/h5-7H,1-4,9H2,(H,11,12). The highest BCUT2D eigenvalue weighted by Crippen LogP contribution is 2.34. The molecule has 12 heavy (non-hydrogen) atoms. The highest BCUT2D eigenvalue weighted by Gasteiger charge is 2.43. The second-order valence-corrected chi connectivity index (χ2v) is 3.73. The average Bonchev–Trinajstić information content (AvgIpc) is 2.35. The molecule has 2 rings (SSSR count). The van der Waals surface area contributed by atoms with Gasteiger partial charge in [-0.2, -0.15) is 0 Å². The molecule has 3 unspecified atom stereocenters. The molecule has 2 saturated heterocycles. The van der Waals surface area contributed by atoms with Crippen LogP contribution in [0.2, 0.25) is 0 Å². The monoisotopic (exact) mass is 170 g/mol. The van der Waals surface area contributed by atoms with E-state index >= 15 is 0 Å². The lowest BCUT2D eigenvalue weighted by molar-refractivity contribution is 0.0946. The Labute approximate surface area is 71.3 Å². The third-order valence-electron chi connectivity index (χ3n) is 3.09. The Kier molecular flexibility index (Phi) is 1.72. The molecule has 0 radical (unpaired) electrons. The largest absolute Gasteiger partial charge is 0.465 e. The Hall–Kier alpha value is -0.770. The van der Waals surface area contributed by atoms with Crippen LogP contribution in [0.3, 0.4) is 0 Å². The van der Waals surface area contributed by atoms with Crippen molar-refractivity contribution in [2.45, 2.75) is 43.8 Å². The molecule has 1 amide bonds. The number of carbonyl (C=O) groups is 1. The van der Waals surface area contributed by atoms with E-state index in [9.17, 15) is 4.79 Å². The molecule has 2 aliphatic heterocycles. The zero-order valence-corrected chi connectivity index (χ0v) is 6.94. The fourth-order valence-corrected chi connectivity index (χ4v) is 2.49. The molecule has 0 aliphatic carbocycles. The Morgan fingerprint density at radius 2 is 2.00 bits per heavy atom. The normalized spacial score (nSPS) is 40.1. The summed E-state index contributed by atoms with van der Waals surface area (Å²) >= 11 is 0. The van der Waals surface area contributed by atoms with Crippen LogP contribution in [0.25, 0.3) is 0 Å². The average molecular weight is 170 g/mol. The lowest BCUT2D eigenvalue weighted by atomic mass is 9.99. The van der Waals surface area contributed by atoms with Gasteiger partial charge in [0, 0.05) is 12.1 Å². The Balaban J connectivity index is 2.18. The molecular formula is C8H14N2O2. The molecule has 4 nitrogen and oxygen atoms in total. The smallest absolute Gasteiger partial charge is 0.407 e. The number of hydrogen-bond donors (Lipinski definition) is 2. The molecule has 2 aliphatic rings. The lowest BCUT2D eigenvalue weighted by Gasteiger charge is -2.36. The van der Waals surface area contributed by atoms with E-state index in [1.54, 1.807) is 4.90 Å². The van der Waals surface area contributed by atoms with Crippen molar-refractivity contribution in [2.24, 2.45) is 5.73 Å². The van der Waals surface area contributed by atoms with Crippen molar-refractivity contribution < 1.29 is 9.90 Å². The van der Waals surface area contributed by atoms with Gasteiger partial charge in [-0.15, -0.1) is 0 Å². The first kappa shape index (κ1) is 7.86. The number of hydrogen-bond acceptors (Lipinski definition) is 2. The third-order valence-corrected chi connectivity index (χ3v) is 3.09. The number of nitrogens with two attached hydrogens (primary N) is 1. The fraction of sp³-hybridized carbons (Fsp3) is 0.875. The molecule has 0 aromatic carbocycles. The highest BCUT2D eigenvalue weighted by atomic mass is 16.4. The summed E-state index contributed by atoms with van der Waals surface area (Å²) in [4.78, 5) is 12.4. The number of amides is 1. The number of carboxylic acid groups (broad SMARTS) is 1. The molecule has 3 N–H and O–H groups in total. The molecule has 4 heteroatoms. The molecule has 2 heterocycles. The van der Waals surface area contributed by atoms with Gasteiger partial charge >= 0.3 is 6.09 Å². The second-order valence-electron chi connectivity index (χ2n) is 3.73. The number of fused-ring (bicyclic) bond motifs is 2. The van der Waals surface area contributed by atoms with Crippen LogP contribution < -0.4 is 5.73 Å². The maximum Gasteiger partial charge on any atom is 0.407 e. The van der Waals surface area contributed by atoms with Crippen molar-refractivity contribution in [1.82, 2.24) is 4.90 Å². The highest BCUT2D eigenvalue weighted by molar-refractivity contribution is 5.66. The van der Waals surface area contributed by atoms with E-state index in [-0.39, 0.29) is 18.1 Å². The molecule has 0 aromatic heterocycles. The summed E-state index contributed by atoms with van der Waals surface area (Å²) in [5, 5.41) is 8.91. The van der Waals surface area contributed by atoms with E-state index in [1.165, 1.54) is 0 Å². The Bertz CT molecular complexity index is 207. The molecule has 3 atom stereocenters. The quantitative estimate of drug-likeness (QED) is 0.560. The number of piperidine rings is 1. The minimum Gasteiger partial charge on any atom is -0.465 e. The van der Waals surface area contributed by atoms with Crippen LogP contribution in [0, 0.1) is 0 Å². The molecule has 0 aromatic rings. The number of rotatable bonds is 0.